The van der Waals surface area contributed by atoms with E-state index < -0.39 is 34.1 Å². The topological polar surface area (TPSA) is 105 Å². The van der Waals surface area contributed by atoms with Gasteiger partial charge in [-0.3, -0.25) is 9.59 Å². The van der Waals surface area contributed by atoms with Crippen LogP contribution in [-0.4, -0.2) is 50.4 Å². The van der Waals surface area contributed by atoms with Crippen molar-refractivity contribution in [1.29, 1.82) is 0 Å². The van der Waals surface area contributed by atoms with Gasteiger partial charge in [0.05, 0.1) is 25.1 Å². The van der Waals surface area contributed by atoms with Gasteiger partial charge in [0.1, 0.15) is 11.8 Å². The lowest BCUT2D eigenvalue weighted by Gasteiger charge is -2.35. The smallest absolute Gasteiger partial charge is 0.243 e. The van der Waals surface area contributed by atoms with Gasteiger partial charge in [-0.2, -0.15) is 0 Å². The number of carbonyl (C=O) groups is 2. The Labute approximate surface area is 200 Å². The van der Waals surface area contributed by atoms with Crippen molar-refractivity contribution in [3.05, 3.63) is 46.7 Å². The Balaban J connectivity index is 2.26. The highest BCUT2D eigenvalue weighted by atomic mass is 32.2. The van der Waals surface area contributed by atoms with E-state index in [9.17, 15) is 18.0 Å². The highest BCUT2D eigenvalue weighted by molar-refractivity contribution is 7.89. The van der Waals surface area contributed by atoms with Crippen molar-refractivity contribution in [3.63, 3.8) is 0 Å². The first kappa shape index (κ1) is 26.8. The van der Waals surface area contributed by atoms with Gasteiger partial charge in [0.15, 0.2) is 0 Å². The molecule has 0 aliphatic heterocycles. The maximum atomic E-state index is 13.3. The number of sulfonamides is 1. The number of thiophene rings is 1. The van der Waals surface area contributed by atoms with Crippen molar-refractivity contribution in [2.24, 2.45) is 5.92 Å². The summed E-state index contributed by atoms with van der Waals surface area (Å²) in [5.74, 6) is -0.421. The molecule has 2 aromatic rings. The molecule has 2 N–H and O–H groups in total. The van der Waals surface area contributed by atoms with Crippen LogP contribution < -0.4 is 14.8 Å². The Morgan fingerprint density at radius 3 is 2.24 bits per heavy atom. The molecule has 0 radical (unpaired) electrons. The maximum Gasteiger partial charge on any atom is 0.243 e. The predicted molar refractivity (Wildman–Crippen MR) is 130 cm³/mol. The molecule has 2 amide bonds. The number of hydrogen-bond donors (Lipinski definition) is 2. The van der Waals surface area contributed by atoms with Crippen LogP contribution in [0.4, 0.5) is 0 Å². The number of nitrogens with one attached hydrogen (secondary N) is 2. The van der Waals surface area contributed by atoms with Crippen LogP contribution in [0.15, 0.2) is 46.7 Å². The van der Waals surface area contributed by atoms with Gasteiger partial charge in [-0.25, -0.2) is 13.1 Å². The fourth-order valence-corrected chi connectivity index (χ4v) is 4.93. The van der Waals surface area contributed by atoms with E-state index in [-0.39, 0.29) is 23.3 Å². The van der Waals surface area contributed by atoms with Gasteiger partial charge in [0.2, 0.25) is 21.8 Å². The lowest BCUT2D eigenvalue weighted by Crippen LogP contribution is -2.56. The zero-order valence-corrected chi connectivity index (χ0v) is 21.5. The monoisotopic (exact) mass is 495 g/mol. The minimum atomic E-state index is -3.92. The summed E-state index contributed by atoms with van der Waals surface area (Å²) in [6.07, 6.45) is 0. The quantitative estimate of drug-likeness (QED) is 0.527. The van der Waals surface area contributed by atoms with Crippen molar-refractivity contribution in [2.45, 2.75) is 57.6 Å². The Hall–Kier alpha value is -2.43. The molecule has 0 saturated heterocycles. The number of hydrogen-bond acceptors (Lipinski definition) is 6. The molecular weight excluding hydrogens is 462 g/mol. The van der Waals surface area contributed by atoms with E-state index in [0.717, 1.165) is 4.88 Å². The first-order valence-electron chi connectivity index (χ1n) is 10.6. The van der Waals surface area contributed by atoms with E-state index in [2.05, 4.69) is 10.0 Å². The van der Waals surface area contributed by atoms with Crippen LogP contribution in [0.3, 0.4) is 0 Å². The summed E-state index contributed by atoms with van der Waals surface area (Å²) < 4.78 is 32.8. The molecule has 1 aromatic carbocycles. The van der Waals surface area contributed by atoms with Crippen molar-refractivity contribution < 1.29 is 22.7 Å². The third-order valence-corrected chi connectivity index (χ3v) is 7.02. The van der Waals surface area contributed by atoms with E-state index in [4.69, 9.17) is 4.74 Å². The molecule has 10 heteroatoms. The Kier molecular flexibility index (Phi) is 9.04. The van der Waals surface area contributed by atoms with Crippen LogP contribution in [-0.2, 0) is 26.2 Å². The number of methoxy groups -OCH3 is 1. The molecule has 1 heterocycles. The molecule has 1 atom stereocenters. The fourth-order valence-electron chi connectivity index (χ4n) is 3.26. The number of ether oxygens (including phenoxy) is 1. The van der Waals surface area contributed by atoms with Crippen LogP contribution in [0, 0.1) is 5.92 Å². The van der Waals surface area contributed by atoms with Gasteiger partial charge >= 0.3 is 0 Å². The summed E-state index contributed by atoms with van der Waals surface area (Å²) in [5.41, 5.74) is -0.474. The van der Waals surface area contributed by atoms with E-state index in [1.165, 1.54) is 47.6 Å². The third-order valence-electron chi connectivity index (χ3n) is 4.74. The van der Waals surface area contributed by atoms with Gasteiger partial charge in [0.25, 0.3) is 0 Å². The minimum absolute atomic E-state index is 0.0202. The Bertz CT molecular complexity index is 1030. The van der Waals surface area contributed by atoms with E-state index in [0.29, 0.717) is 5.75 Å². The third kappa shape index (κ3) is 7.83. The molecule has 33 heavy (non-hydrogen) atoms. The predicted octanol–water partition coefficient (Wildman–Crippen LogP) is 3.00. The summed E-state index contributed by atoms with van der Waals surface area (Å²) in [4.78, 5) is 28.7. The van der Waals surface area contributed by atoms with Crippen LogP contribution >= 0.6 is 11.3 Å². The second-order valence-electron chi connectivity index (χ2n) is 9.03. The molecule has 0 unspecified atom stereocenters. The average Bonchev–Trinajstić information content (AvgIpc) is 3.23. The minimum Gasteiger partial charge on any atom is -0.497 e. The number of nitrogens with zero attached hydrogens (tertiary/aromatic N) is 1. The first-order valence-corrected chi connectivity index (χ1v) is 13.0. The van der Waals surface area contributed by atoms with Gasteiger partial charge in [-0.1, -0.05) is 19.9 Å². The van der Waals surface area contributed by atoms with Gasteiger partial charge in [-0.15, -0.1) is 11.3 Å². The van der Waals surface area contributed by atoms with Crippen molar-refractivity contribution in [2.75, 3.05) is 13.7 Å². The van der Waals surface area contributed by atoms with Crippen LogP contribution in [0.2, 0.25) is 0 Å². The summed E-state index contributed by atoms with van der Waals surface area (Å²) in [6.45, 7) is 9.09. The highest BCUT2D eigenvalue weighted by Gasteiger charge is 2.34. The van der Waals surface area contributed by atoms with Crippen molar-refractivity contribution in [3.8, 4) is 5.75 Å². The summed E-state index contributed by atoms with van der Waals surface area (Å²) in [6, 6.07) is 8.87. The second kappa shape index (κ2) is 11.1. The standard InChI is InChI=1S/C23H33N3O5S2/c1-16(2)21(22(28)25-23(3,4)5)26(15-18-8-7-13-32-18)20(27)14-24-33(29,30)19-11-9-17(31-6)10-12-19/h7-13,16,21,24H,14-15H2,1-6H3,(H,25,28)/t21-/m1/s1. The van der Waals surface area contributed by atoms with Crippen LogP contribution in [0.1, 0.15) is 39.5 Å². The normalized spacial score (nSPS) is 12.9. The molecule has 1 aromatic heterocycles. The van der Waals surface area contributed by atoms with E-state index >= 15 is 0 Å². The zero-order valence-electron chi connectivity index (χ0n) is 19.9. The maximum absolute atomic E-state index is 13.3. The molecule has 0 bridgehead atoms. The van der Waals surface area contributed by atoms with E-state index in [1.54, 1.807) is 0 Å². The highest BCUT2D eigenvalue weighted by Crippen LogP contribution is 2.20. The second-order valence-corrected chi connectivity index (χ2v) is 11.8. The van der Waals surface area contributed by atoms with Crippen LogP contribution in [0.5, 0.6) is 5.75 Å². The summed E-state index contributed by atoms with van der Waals surface area (Å²) >= 11 is 1.47. The van der Waals surface area contributed by atoms with Crippen molar-refractivity contribution in [1.82, 2.24) is 14.9 Å². The Morgan fingerprint density at radius 2 is 1.76 bits per heavy atom. The first-order chi connectivity index (χ1) is 15.3. The number of rotatable bonds is 10. The Morgan fingerprint density at radius 1 is 1.12 bits per heavy atom. The number of carbonyl (C=O) groups excluding carboxylic acids is 2. The fraction of sp³-hybridized carbons (Fsp3) is 0.478. The molecule has 8 nitrogen and oxygen atoms in total. The largest absolute Gasteiger partial charge is 0.497 e. The van der Waals surface area contributed by atoms with Crippen molar-refractivity contribution >= 4 is 33.2 Å². The molecule has 0 spiro atoms. The number of amides is 2. The summed E-state index contributed by atoms with van der Waals surface area (Å²) in [5, 5.41) is 4.84. The number of benzene rings is 1. The molecule has 0 aliphatic carbocycles. The lowest BCUT2D eigenvalue weighted by molar-refractivity contribution is -0.142. The molecule has 182 valence electrons. The summed E-state index contributed by atoms with van der Waals surface area (Å²) in [7, 11) is -2.43. The van der Waals surface area contributed by atoms with Gasteiger partial charge in [0, 0.05) is 10.4 Å². The molecule has 2 rings (SSSR count). The van der Waals surface area contributed by atoms with Crippen LogP contribution in [0.25, 0.3) is 0 Å². The lowest BCUT2D eigenvalue weighted by atomic mass is 9.99. The average molecular weight is 496 g/mol. The molecule has 0 fully saturated rings. The van der Waals surface area contributed by atoms with Gasteiger partial charge in [-0.05, 0) is 62.4 Å². The molecular formula is C23H33N3O5S2. The SMILES string of the molecule is COc1ccc(S(=O)(=O)NCC(=O)N(Cc2cccs2)[C@@H](C(=O)NC(C)(C)C)C(C)C)cc1. The zero-order chi connectivity index (χ0) is 24.8. The van der Waals surface area contributed by atoms with Gasteiger partial charge < -0.3 is 15.0 Å². The molecule has 0 aliphatic rings. The van der Waals surface area contributed by atoms with E-state index in [1.807, 2.05) is 52.1 Å². The molecule has 0 saturated carbocycles.